The summed E-state index contributed by atoms with van der Waals surface area (Å²) in [5, 5.41) is 9.77. The lowest BCUT2D eigenvalue weighted by molar-refractivity contribution is -0.187. The Bertz CT molecular complexity index is 851. The molecule has 1 saturated heterocycles. The molecule has 0 bridgehead atoms. The highest BCUT2D eigenvalue weighted by Gasteiger charge is 2.52. The third kappa shape index (κ3) is 5.80. The number of aliphatic carboxylic acids is 1. The van der Waals surface area contributed by atoms with Gasteiger partial charge in [0.1, 0.15) is 0 Å². The van der Waals surface area contributed by atoms with E-state index in [0.29, 0.717) is 23.7 Å². The summed E-state index contributed by atoms with van der Waals surface area (Å²) in [7, 11) is 0. The van der Waals surface area contributed by atoms with Crippen LogP contribution in [0.1, 0.15) is 64.9 Å². The summed E-state index contributed by atoms with van der Waals surface area (Å²) in [5.41, 5.74) is -0.213. The van der Waals surface area contributed by atoms with E-state index in [4.69, 9.17) is 14.2 Å². The first-order valence-corrected chi connectivity index (χ1v) is 11.0. The number of benzene rings is 1. The predicted molar refractivity (Wildman–Crippen MR) is 117 cm³/mol. The Morgan fingerprint density at radius 1 is 1.06 bits per heavy atom. The van der Waals surface area contributed by atoms with Gasteiger partial charge in [-0.05, 0) is 25.8 Å². The first-order valence-electron chi connectivity index (χ1n) is 11.0. The zero-order valence-corrected chi connectivity index (χ0v) is 18.6. The fourth-order valence-corrected chi connectivity index (χ4v) is 3.63. The van der Waals surface area contributed by atoms with Crippen LogP contribution in [-0.2, 0) is 19.9 Å². The van der Waals surface area contributed by atoms with Gasteiger partial charge >= 0.3 is 5.97 Å². The van der Waals surface area contributed by atoms with Crippen molar-refractivity contribution < 1.29 is 24.1 Å². The summed E-state index contributed by atoms with van der Waals surface area (Å²) in [6.07, 6.45) is 10.6. The van der Waals surface area contributed by atoms with Gasteiger partial charge in [-0.25, -0.2) is 14.8 Å². The molecule has 1 aliphatic rings. The minimum atomic E-state index is -1.52. The van der Waals surface area contributed by atoms with Gasteiger partial charge in [0.05, 0.1) is 25.6 Å². The Morgan fingerprint density at radius 3 is 2.29 bits per heavy atom. The second-order valence-electron chi connectivity index (χ2n) is 8.36. The van der Waals surface area contributed by atoms with Gasteiger partial charge in [0, 0.05) is 5.56 Å². The summed E-state index contributed by atoms with van der Waals surface area (Å²) in [5.74, 6) is -0.830. The molecule has 1 fully saturated rings. The van der Waals surface area contributed by atoms with E-state index in [-0.39, 0.29) is 6.61 Å². The van der Waals surface area contributed by atoms with Gasteiger partial charge in [0.15, 0.2) is 17.4 Å². The molecule has 2 aromatic rings. The minimum absolute atomic E-state index is 0.0458. The maximum absolute atomic E-state index is 11.9. The van der Waals surface area contributed by atoms with Crippen molar-refractivity contribution in [3.05, 3.63) is 42.2 Å². The number of carbonyl (C=O) groups is 1. The largest absolute Gasteiger partial charge is 0.490 e. The molecule has 0 radical (unpaired) electrons. The van der Waals surface area contributed by atoms with Crippen LogP contribution >= 0.6 is 0 Å². The van der Waals surface area contributed by atoms with Crippen LogP contribution < -0.4 is 4.74 Å². The Kier molecular flexibility index (Phi) is 7.62. The maximum atomic E-state index is 11.9. The lowest BCUT2D eigenvalue weighted by Gasteiger charge is -2.25. The van der Waals surface area contributed by atoms with Gasteiger partial charge < -0.3 is 19.3 Å². The van der Waals surface area contributed by atoms with Gasteiger partial charge in [-0.2, -0.15) is 0 Å². The number of unbranched alkanes of at least 4 members (excludes halogenated alkanes) is 5. The molecule has 3 rings (SSSR count). The van der Waals surface area contributed by atoms with E-state index in [2.05, 4.69) is 16.9 Å². The number of nitrogens with zero attached hydrogens (tertiary/aromatic N) is 2. The molecule has 1 aromatic carbocycles. The molecule has 2 heterocycles. The molecule has 1 N–H and O–H groups in total. The average Bonchev–Trinajstić information content (AvgIpc) is 3.10. The highest BCUT2D eigenvalue weighted by molar-refractivity contribution is 5.80. The quantitative estimate of drug-likeness (QED) is 0.507. The van der Waals surface area contributed by atoms with E-state index >= 15 is 0 Å². The Morgan fingerprint density at radius 2 is 1.71 bits per heavy atom. The van der Waals surface area contributed by atoms with Crippen LogP contribution in [0.15, 0.2) is 36.7 Å². The molecule has 0 unspecified atom stereocenters. The predicted octanol–water partition coefficient (Wildman–Crippen LogP) is 4.95. The van der Waals surface area contributed by atoms with Crippen molar-refractivity contribution in [3.63, 3.8) is 0 Å². The second kappa shape index (κ2) is 10.2. The lowest BCUT2D eigenvalue weighted by atomic mass is 9.93. The fraction of sp³-hybridized carbons (Fsp3) is 0.542. The van der Waals surface area contributed by atoms with E-state index in [1.165, 1.54) is 32.1 Å². The van der Waals surface area contributed by atoms with E-state index in [9.17, 15) is 9.90 Å². The van der Waals surface area contributed by atoms with Crippen molar-refractivity contribution in [1.29, 1.82) is 0 Å². The van der Waals surface area contributed by atoms with Gasteiger partial charge in [-0.1, -0.05) is 63.3 Å². The Labute approximate surface area is 183 Å². The zero-order valence-electron chi connectivity index (χ0n) is 18.6. The van der Waals surface area contributed by atoms with Crippen LogP contribution in [0.25, 0.3) is 11.4 Å². The molecule has 0 spiro atoms. The van der Waals surface area contributed by atoms with E-state index in [1.54, 1.807) is 50.5 Å². The van der Waals surface area contributed by atoms with Crippen LogP contribution in [0.2, 0.25) is 0 Å². The van der Waals surface area contributed by atoms with Crippen molar-refractivity contribution in [2.24, 2.45) is 0 Å². The smallest absolute Gasteiger partial charge is 0.343 e. The Balaban J connectivity index is 1.58. The molecule has 7 heteroatoms. The SMILES string of the molecule is CCCCCCCCOc1cnc(-c2ccc([C@]3(C(=O)O)COC(C)(C)O3)cc2)nc1. The topological polar surface area (TPSA) is 90.8 Å². The van der Waals surface area contributed by atoms with Crippen molar-refractivity contribution in [2.45, 2.75) is 70.7 Å². The summed E-state index contributed by atoms with van der Waals surface area (Å²) in [6.45, 7) is 6.24. The average molecular weight is 429 g/mol. The van der Waals surface area contributed by atoms with Crippen LogP contribution in [0, 0.1) is 0 Å². The molecular formula is C24H32N2O5. The first-order chi connectivity index (χ1) is 14.9. The number of hydrogen-bond acceptors (Lipinski definition) is 6. The van der Waals surface area contributed by atoms with Crippen LogP contribution in [-0.4, -0.2) is 40.0 Å². The van der Waals surface area contributed by atoms with Crippen molar-refractivity contribution in [1.82, 2.24) is 9.97 Å². The van der Waals surface area contributed by atoms with Gasteiger partial charge in [0.25, 0.3) is 0 Å². The fourth-order valence-electron chi connectivity index (χ4n) is 3.63. The number of carboxylic acids is 1. The molecule has 1 aliphatic heterocycles. The summed E-state index contributed by atoms with van der Waals surface area (Å²) < 4.78 is 17.0. The first kappa shape index (κ1) is 23.2. The summed E-state index contributed by atoms with van der Waals surface area (Å²) in [4.78, 5) is 20.7. The van der Waals surface area contributed by atoms with Crippen LogP contribution in [0.5, 0.6) is 5.75 Å². The third-order valence-electron chi connectivity index (χ3n) is 5.39. The van der Waals surface area contributed by atoms with Crippen molar-refractivity contribution in [3.8, 4) is 17.1 Å². The van der Waals surface area contributed by atoms with E-state index in [1.807, 2.05) is 0 Å². The van der Waals surface area contributed by atoms with Crippen molar-refractivity contribution >= 4 is 5.97 Å². The highest BCUT2D eigenvalue weighted by Crippen LogP contribution is 2.39. The number of carboxylic acid groups (broad SMARTS) is 1. The molecule has 31 heavy (non-hydrogen) atoms. The summed E-state index contributed by atoms with van der Waals surface area (Å²) in [6, 6.07) is 7.03. The molecule has 0 amide bonds. The van der Waals surface area contributed by atoms with E-state index in [0.717, 1.165) is 12.0 Å². The number of aromatic nitrogens is 2. The molecule has 0 saturated carbocycles. The number of ether oxygens (including phenoxy) is 3. The molecule has 1 atom stereocenters. The zero-order chi connectivity index (χ0) is 22.3. The molecule has 7 nitrogen and oxygen atoms in total. The van der Waals surface area contributed by atoms with Gasteiger partial charge in [-0.15, -0.1) is 0 Å². The molecule has 1 aromatic heterocycles. The third-order valence-corrected chi connectivity index (χ3v) is 5.39. The molecule has 168 valence electrons. The molecule has 0 aliphatic carbocycles. The number of hydrogen-bond donors (Lipinski definition) is 1. The van der Waals surface area contributed by atoms with Crippen LogP contribution in [0.4, 0.5) is 0 Å². The number of rotatable bonds is 11. The minimum Gasteiger partial charge on any atom is -0.490 e. The Hall–Kier alpha value is -2.51. The van der Waals surface area contributed by atoms with Gasteiger partial charge in [0.2, 0.25) is 5.60 Å². The van der Waals surface area contributed by atoms with E-state index < -0.39 is 17.4 Å². The highest BCUT2D eigenvalue weighted by atomic mass is 16.8. The molecular weight excluding hydrogens is 396 g/mol. The van der Waals surface area contributed by atoms with Gasteiger partial charge in [-0.3, -0.25) is 0 Å². The van der Waals surface area contributed by atoms with Crippen molar-refractivity contribution in [2.75, 3.05) is 13.2 Å². The second-order valence-corrected chi connectivity index (χ2v) is 8.36. The monoisotopic (exact) mass is 428 g/mol. The van der Waals surface area contributed by atoms with Crippen LogP contribution in [0.3, 0.4) is 0 Å². The maximum Gasteiger partial charge on any atom is 0.343 e. The normalized spacial score (nSPS) is 20.0. The summed E-state index contributed by atoms with van der Waals surface area (Å²) >= 11 is 0. The standard InChI is InChI=1S/C24H32N2O5/c1-4-5-6-7-8-9-14-29-20-15-25-21(26-16-20)18-10-12-19(13-11-18)24(22(27)28)17-30-23(2,3)31-24/h10-13,15-16H,4-9,14,17H2,1-3H3,(H,27,28)/t24-/m0/s1. The lowest BCUT2D eigenvalue weighted by Crippen LogP contribution is -2.39.